The first-order valence-corrected chi connectivity index (χ1v) is 5.14. The molecule has 0 aliphatic rings. The van der Waals surface area contributed by atoms with E-state index in [2.05, 4.69) is 0 Å². The van der Waals surface area contributed by atoms with Gasteiger partial charge in [0.1, 0.15) is 11.9 Å². The second-order valence-corrected chi connectivity index (χ2v) is 3.27. The molecule has 0 aliphatic heterocycles. The van der Waals surface area contributed by atoms with E-state index < -0.39 is 23.4 Å². The number of nitrogens with zero attached hydrogens (tertiary/aromatic N) is 1. The molecule has 1 aromatic heterocycles. The maximum Gasteiger partial charge on any atom is 0.329 e. The van der Waals surface area contributed by atoms with Gasteiger partial charge in [0.25, 0.3) is 5.56 Å². The number of carbonyl (C=O) groups excluding carboxylic acids is 1. The van der Waals surface area contributed by atoms with E-state index in [-0.39, 0.29) is 6.61 Å². The normalized spacial score (nSPS) is 12.2. The SMILES string of the molecule is CCOC(=O)C(CC)n1cc(F)ccc1=O. The van der Waals surface area contributed by atoms with Gasteiger partial charge in [0.15, 0.2) is 0 Å². The molecular weight excluding hydrogens is 213 g/mol. The molecule has 1 aromatic rings. The van der Waals surface area contributed by atoms with Crippen LogP contribution in [0.1, 0.15) is 26.3 Å². The third kappa shape index (κ3) is 2.68. The molecular formula is C11H14FNO3. The second-order valence-electron chi connectivity index (χ2n) is 3.27. The van der Waals surface area contributed by atoms with Crippen LogP contribution in [0.15, 0.2) is 23.1 Å². The number of hydrogen-bond donors (Lipinski definition) is 0. The molecule has 0 N–H and O–H groups in total. The van der Waals surface area contributed by atoms with Crippen LogP contribution in [-0.4, -0.2) is 17.1 Å². The number of aromatic nitrogens is 1. The van der Waals surface area contributed by atoms with Gasteiger partial charge in [-0.15, -0.1) is 0 Å². The summed E-state index contributed by atoms with van der Waals surface area (Å²) in [5.74, 6) is -1.07. The van der Waals surface area contributed by atoms with Crippen LogP contribution in [0.3, 0.4) is 0 Å². The Balaban J connectivity index is 3.08. The Morgan fingerprint density at radius 2 is 2.19 bits per heavy atom. The smallest absolute Gasteiger partial charge is 0.329 e. The number of halogens is 1. The fourth-order valence-corrected chi connectivity index (χ4v) is 1.44. The lowest BCUT2D eigenvalue weighted by atomic mass is 10.2. The summed E-state index contributed by atoms with van der Waals surface area (Å²) in [7, 11) is 0. The quantitative estimate of drug-likeness (QED) is 0.732. The van der Waals surface area contributed by atoms with E-state index in [9.17, 15) is 14.0 Å². The van der Waals surface area contributed by atoms with E-state index in [1.54, 1.807) is 13.8 Å². The average Bonchev–Trinajstić information content (AvgIpc) is 2.24. The summed E-state index contributed by atoms with van der Waals surface area (Å²) in [6.45, 7) is 3.65. The number of esters is 1. The van der Waals surface area contributed by atoms with Crippen molar-refractivity contribution in [2.45, 2.75) is 26.3 Å². The molecule has 0 spiro atoms. The molecule has 5 heteroatoms. The number of hydrogen-bond acceptors (Lipinski definition) is 3. The van der Waals surface area contributed by atoms with Gasteiger partial charge in [-0.25, -0.2) is 9.18 Å². The molecule has 0 bridgehead atoms. The van der Waals surface area contributed by atoms with Crippen molar-refractivity contribution >= 4 is 5.97 Å². The highest BCUT2D eigenvalue weighted by atomic mass is 19.1. The summed E-state index contributed by atoms with van der Waals surface area (Å²) in [5, 5.41) is 0. The van der Waals surface area contributed by atoms with Crippen LogP contribution >= 0.6 is 0 Å². The molecule has 1 heterocycles. The molecule has 0 radical (unpaired) electrons. The standard InChI is InChI=1S/C11H14FNO3/c1-3-9(11(15)16-4-2)13-7-8(12)5-6-10(13)14/h5-7,9H,3-4H2,1-2H3. The predicted molar refractivity (Wildman–Crippen MR) is 56.6 cm³/mol. The van der Waals surface area contributed by atoms with Crippen molar-refractivity contribution in [1.82, 2.24) is 4.57 Å². The summed E-state index contributed by atoms with van der Waals surface area (Å²) < 4.78 is 18.9. The van der Waals surface area contributed by atoms with E-state index in [0.717, 1.165) is 22.9 Å². The first kappa shape index (κ1) is 12.4. The minimum Gasteiger partial charge on any atom is -0.464 e. The van der Waals surface area contributed by atoms with Crippen molar-refractivity contribution in [3.05, 3.63) is 34.5 Å². The van der Waals surface area contributed by atoms with Gasteiger partial charge < -0.3 is 4.74 Å². The summed E-state index contributed by atoms with van der Waals surface area (Å²) in [6, 6.07) is 1.40. The molecule has 1 atom stereocenters. The van der Waals surface area contributed by atoms with Gasteiger partial charge in [-0.2, -0.15) is 0 Å². The fourth-order valence-electron chi connectivity index (χ4n) is 1.44. The zero-order valence-electron chi connectivity index (χ0n) is 9.27. The Bertz CT molecular complexity index is 427. The Morgan fingerprint density at radius 1 is 1.50 bits per heavy atom. The third-order valence-corrected chi connectivity index (χ3v) is 2.18. The lowest BCUT2D eigenvalue weighted by Gasteiger charge is -2.16. The van der Waals surface area contributed by atoms with Crippen molar-refractivity contribution in [3.8, 4) is 0 Å². The predicted octanol–water partition coefficient (Wildman–Crippen LogP) is 1.50. The van der Waals surface area contributed by atoms with Crippen molar-refractivity contribution in [2.24, 2.45) is 0 Å². The van der Waals surface area contributed by atoms with Gasteiger partial charge >= 0.3 is 5.97 Å². The van der Waals surface area contributed by atoms with Gasteiger partial charge in [-0.3, -0.25) is 9.36 Å². The van der Waals surface area contributed by atoms with Crippen LogP contribution in [0.4, 0.5) is 4.39 Å². The minimum atomic E-state index is -0.761. The van der Waals surface area contributed by atoms with Crippen LogP contribution in [-0.2, 0) is 9.53 Å². The Morgan fingerprint density at radius 3 is 2.75 bits per heavy atom. The average molecular weight is 227 g/mol. The molecule has 88 valence electrons. The van der Waals surface area contributed by atoms with E-state index in [1.807, 2.05) is 0 Å². The molecule has 4 nitrogen and oxygen atoms in total. The van der Waals surface area contributed by atoms with Crippen molar-refractivity contribution in [3.63, 3.8) is 0 Å². The third-order valence-electron chi connectivity index (χ3n) is 2.18. The molecule has 1 rings (SSSR count). The molecule has 0 amide bonds. The summed E-state index contributed by atoms with van der Waals surface area (Å²) in [5.41, 5.74) is -0.415. The summed E-state index contributed by atoms with van der Waals surface area (Å²) in [6.07, 6.45) is 1.40. The molecule has 16 heavy (non-hydrogen) atoms. The highest BCUT2D eigenvalue weighted by molar-refractivity contribution is 5.74. The van der Waals surface area contributed by atoms with Crippen LogP contribution < -0.4 is 5.56 Å². The van der Waals surface area contributed by atoms with Gasteiger partial charge in [-0.05, 0) is 19.4 Å². The topological polar surface area (TPSA) is 48.3 Å². The maximum absolute atomic E-state index is 13.0. The van der Waals surface area contributed by atoms with E-state index in [0.29, 0.717) is 6.42 Å². The lowest BCUT2D eigenvalue weighted by molar-refractivity contribution is -0.147. The highest BCUT2D eigenvalue weighted by Crippen LogP contribution is 2.11. The Hall–Kier alpha value is -1.65. The molecule has 0 saturated carbocycles. The van der Waals surface area contributed by atoms with Crippen molar-refractivity contribution in [1.29, 1.82) is 0 Å². The van der Waals surface area contributed by atoms with Crippen molar-refractivity contribution < 1.29 is 13.9 Å². The van der Waals surface area contributed by atoms with Crippen molar-refractivity contribution in [2.75, 3.05) is 6.61 Å². The molecule has 0 aromatic carbocycles. The Kier molecular flexibility index (Phi) is 4.22. The second kappa shape index (κ2) is 5.44. The van der Waals surface area contributed by atoms with Crippen LogP contribution in [0, 0.1) is 5.82 Å². The summed E-state index contributed by atoms with van der Waals surface area (Å²) in [4.78, 5) is 23.0. The van der Waals surface area contributed by atoms with Crippen LogP contribution in [0.2, 0.25) is 0 Å². The number of rotatable bonds is 4. The van der Waals surface area contributed by atoms with Gasteiger partial charge in [0.2, 0.25) is 0 Å². The highest BCUT2D eigenvalue weighted by Gasteiger charge is 2.20. The van der Waals surface area contributed by atoms with E-state index >= 15 is 0 Å². The zero-order valence-corrected chi connectivity index (χ0v) is 9.27. The van der Waals surface area contributed by atoms with E-state index in [4.69, 9.17) is 4.74 Å². The molecule has 1 unspecified atom stereocenters. The van der Waals surface area contributed by atoms with Crippen LogP contribution in [0.25, 0.3) is 0 Å². The largest absolute Gasteiger partial charge is 0.464 e. The monoisotopic (exact) mass is 227 g/mol. The summed E-state index contributed by atoms with van der Waals surface area (Å²) >= 11 is 0. The first-order valence-electron chi connectivity index (χ1n) is 5.14. The molecule has 0 saturated heterocycles. The van der Waals surface area contributed by atoms with Gasteiger partial charge in [-0.1, -0.05) is 6.92 Å². The maximum atomic E-state index is 13.0. The lowest BCUT2D eigenvalue weighted by Crippen LogP contribution is -2.30. The fraction of sp³-hybridized carbons (Fsp3) is 0.455. The number of carbonyl (C=O) groups is 1. The zero-order chi connectivity index (χ0) is 12.1. The number of ether oxygens (including phenoxy) is 1. The molecule has 0 fully saturated rings. The minimum absolute atomic E-state index is 0.236. The number of pyridine rings is 1. The Labute approximate surface area is 92.7 Å². The molecule has 0 aliphatic carbocycles. The van der Waals surface area contributed by atoms with Gasteiger partial charge in [0.05, 0.1) is 6.61 Å². The van der Waals surface area contributed by atoms with Gasteiger partial charge in [0, 0.05) is 12.3 Å². The first-order chi connectivity index (χ1) is 7.60. The van der Waals surface area contributed by atoms with Crippen LogP contribution in [0.5, 0.6) is 0 Å². The van der Waals surface area contributed by atoms with E-state index in [1.165, 1.54) is 0 Å².